The molecule has 0 aromatic heterocycles. The molecule has 0 fully saturated rings. The summed E-state index contributed by atoms with van der Waals surface area (Å²) in [5.74, 6) is 0.401. The Morgan fingerprint density at radius 2 is 2.10 bits per heavy atom. The van der Waals surface area contributed by atoms with E-state index in [0.29, 0.717) is 18.2 Å². The van der Waals surface area contributed by atoms with Crippen molar-refractivity contribution in [2.75, 3.05) is 6.67 Å². The minimum atomic E-state index is -0.785. The highest BCUT2D eigenvalue weighted by molar-refractivity contribution is 5.88. The van der Waals surface area contributed by atoms with E-state index in [0.717, 1.165) is 16.0 Å². The fraction of sp³-hybridized carbons (Fsp3) is 0.200. The van der Waals surface area contributed by atoms with Gasteiger partial charge in [-0.15, -0.1) is 0 Å². The van der Waals surface area contributed by atoms with Gasteiger partial charge in [-0.05, 0) is 4.76 Å². The van der Waals surface area contributed by atoms with E-state index in [4.69, 9.17) is 0 Å². The second-order valence-electron chi connectivity index (χ2n) is 5.18. The number of nitroso groups, excluding NO2 is 1. The number of rotatable bonds is 1. The smallest absolute Gasteiger partial charge is 0.343 e. The quantitative estimate of drug-likeness (QED) is 0.791. The second kappa shape index (κ2) is 4.37. The standard InChI is InChI=1S/C15H13N4O2/c20-13-6-12-15(18-9-16-7-11(18)8-17-12)19(21)14(13)10-4-2-1-3-5-10/h1-5,7-8,14,17H,6,9H2/q+1. The van der Waals surface area contributed by atoms with Crippen LogP contribution >= 0.6 is 0 Å². The van der Waals surface area contributed by atoms with Crippen molar-refractivity contribution in [2.45, 2.75) is 12.5 Å². The summed E-state index contributed by atoms with van der Waals surface area (Å²) in [5, 5.41) is 3.05. The number of hydrogen-bond acceptors (Lipinski definition) is 5. The summed E-state index contributed by atoms with van der Waals surface area (Å²) in [6.45, 7) is 0.417. The molecule has 0 spiro atoms. The van der Waals surface area contributed by atoms with Crippen molar-refractivity contribution >= 4 is 12.0 Å². The van der Waals surface area contributed by atoms with E-state index in [1.54, 1.807) is 12.4 Å². The number of nitrogens with one attached hydrogen (secondary N) is 1. The molecule has 3 heterocycles. The van der Waals surface area contributed by atoms with E-state index in [1.807, 2.05) is 35.2 Å². The van der Waals surface area contributed by atoms with Crippen LogP contribution in [0.2, 0.25) is 0 Å². The number of fused-ring (bicyclic) bond motifs is 2. The summed E-state index contributed by atoms with van der Waals surface area (Å²) in [7, 11) is 0. The van der Waals surface area contributed by atoms with Gasteiger partial charge in [0.1, 0.15) is 5.70 Å². The number of nitrogens with zero attached hydrogens (tertiary/aromatic N) is 3. The Hall–Kier alpha value is -2.76. The first-order chi connectivity index (χ1) is 10.3. The lowest BCUT2D eigenvalue weighted by atomic mass is 9.95. The van der Waals surface area contributed by atoms with E-state index in [9.17, 15) is 9.70 Å². The molecule has 4 rings (SSSR count). The van der Waals surface area contributed by atoms with Crippen molar-refractivity contribution in [3.05, 3.63) is 64.2 Å². The zero-order valence-electron chi connectivity index (χ0n) is 11.2. The van der Waals surface area contributed by atoms with Crippen LogP contribution in [0.1, 0.15) is 18.0 Å². The maximum atomic E-state index is 12.8. The number of ketones is 1. The first-order valence-corrected chi connectivity index (χ1v) is 6.77. The van der Waals surface area contributed by atoms with Crippen LogP contribution in [0.4, 0.5) is 0 Å². The van der Waals surface area contributed by atoms with E-state index in [-0.39, 0.29) is 12.2 Å². The largest absolute Gasteiger partial charge is 0.354 e. The summed E-state index contributed by atoms with van der Waals surface area (Å²) in [4.78, 5) is 31.2. The molecule has 0 saturated heterocycles. The highest BCUT2D eigenvalue weighted by atomic mass is 16.3. The summed E-state index contributed by atoms with van der Waals surface area (Å²) >= 11 is 0. The zero-order valence-corrected chi connectivity index (χ0v) is 11.2. The average molecular weight is 281 g/mol. The Morgan fingerprint density at radius 1 is 1.29 bits per heavy atom. The van der Waals surface area contributed by atoms with Crippen LogP contribution < -0.4 is 5.32 Å². The maximum absolute atomic E-state index is 12.8. The number of Topliss-reactive ketones (excluding diaryl/α,β-unsaturated/α-hetero) is 1. The van der Waals surface area contributed by atoms with Gasteiger partial charge in [0, 0.05) is 5.56 Å². The van der Waals surface area contributed by atoms with Crippen molar-refractivity contribution in [2.24, 2.45) is 4.99 Å². The maximum Gasteiger partial charge on any atom is 0.343 e. The number of allylic oxidation sites excluding steroid dienone is 2. The lowest BCUT2D eigenvalue weighted by molar-refractivity contribution is -0.549. The van der Waals surface area contributed by atoms with E-state index in [2.05, 4.69) is 10.3 Å². The van der Waals surface area contributed by atoms with Crippen LogP contribution in [0.15, 0.2) is 58.7 Å². The molecule has 0 saturated carbocycles. The lowest BCUT2D eigenvalue weighted by Crippen LogP contribution is -2.42. The predicted octanol–water partition coefficient (Wildman–Crippen LogP) is 1.44. The molecular weight excluding hydrogens is 268 g/mol. The molecule has 1 aromatic rings. The molecule has 3 aliphatic rings. The summed E-state index contributed by atoms with van der Waals surface area (Å²) < 4.78 is 0.811. The van der Waals surface area contributed by atoms with Crippen LogP contribution in [0.5, 0.6) is 0 Å². The highest BCUT2D eigenvalue weighted by Crippen LogP contribution is 2.35. The Bertz CT molecular complexity index is 733. The van der Waals surface area contributed by atoms with Gasteiger partial charge in [-0.3, -0.25) is 4.79 Å². The molecule has 3 aliphatic heterocycles. The van der Waals surface area contributed by atoms with Crippen molar-refractivity contribution in [1.29, 1.82) is 0 Å². The fourth-order valence-corrected chi connectivity index (χ4v) is 2.92. The third-order valence-corrected chi connectivity index (χ3v) is 3.89. The molecule has 0 amide bonds. The molecule has 21 heavy (non-hydrogen) atoms. The topological polar surface area (TPSA) is 64.8 Å². The fourth-order valence-electron chi connectivity index (χ4n) is 2.92. The van der Waals surface area contributed by atoms with Gasteiger partial charge < -0.3 is 5.32 Å². The van der Waals surface area contributed by atoms with Crippen LogP contribution in [0.25, 0.3) is 0 Å². The number of hydrogen-bond donors (Lipinski definition) is 1. The Balaban J connectivity index is 1.77. The normalized spacial score (nSPS) is 23.7. The van der Waals surface area contributed by atoms with Crippen LogP contribution in [-0.4, -0.2) is 28.3 Å². The lowest BCUT2D eigenvalue weighted by Gasteiger charge is -2.27. The Morgan fingerprint density at radius 3 is 2.90 bits per heavy atom. The van der Waals surface area contributed by atoms with Crippen LogP contribution in [0, 0.1) is 4.91 Å². The molecule has 1 atom stereocenters. The van der Waals surface area contributed by atoms with Crippen molar-refractivity contribution in [3.63, 3.8) is 0 Å². The monoisotopic (exact) mass is 281 g/mol. The van der Waals surface area contributed by atoms with E-state index >= 15 is 0 Å². The molecule has 6 nitrogen and oxygen atoms in total. The van der Waals surface area contributed by atoms with E-state index < -0.39 is 6.04 Å². The molecule has 104 valence electrons. The molecule has 0 radical (unpaired) electrons. The Kier molecular flexibility index (Phi) is 2.50. The summed E-state index contributed by atoms with van der Waals surface area (Å²) in [5.41, 5.74) is 2.22. The minimum Gasteiger partial charge on any atom is -0.354 e. The van der Waals surface area contributed by atoms with Gasteiger partial charge in [0.25, 0.3) is 0 Å². The highest BCUT2D eigenvalue weighted by Gasteiger charge is 2.47. The van der Waals surface area contributed by atoms with Crippen molar-refractivity contribution in [1.82, 2.24) is 10.2 Å². The third-order valence-electron chi connectivity index (χ3n) is 3.89. The number of carbonyl (C=O) groups is 1. The molecule has 1 unspecified atom stereocenters. The first-order valence-electron chi connectivity index (χ1n) is 6.77. The van der Waals surface area contributed by atoms with Gasteiger partial charge >= 0.3 is 5.82 Å². The van der Waals surface area contributed by atoms with Crippen molar-refractivity contribution in [3.8, 4) is 0 Å². The summed E-state index contributed by atoms with van der Waals surface area (Å²) in [6, 6.07) is 8.38. The second-order valence-corrected chi connectivity index (χ2v) is 5.18. The van der Waals surface area contributed by atoms with Crippen LogP contribution in [-0.2, 0) is 4.79 Å². The van der Waals surface area contributed by atoms with E-state index in [1.165, 1.54) is 0 Å². The van der Waals surface area contributed by atoms with Gasteiger partial charge in [-0.25, -0.2) is 4.99 Å². The SMILES string of the molecule is O=C1CC2=C(N3CN=CC3=CN2)[N+](=O)C1c1ccccc1. The molecule has 0 aliphatic carbocycles. The number of aliphatic imine (C=N–C) groups is 1. The van der Waals surface area contributed by atoms with Gasteiger partial charge in [-0.2, -0.15) is 4.90 Å². The minimum absolute atomic E-state index is 0.0978. The Labute approximate surface area is 121 Å². The van der Waals surface area contributed by atoms with Gasteiger partial charge in [-0.1, -0.05) is 35.2 Å². The third kappa shape index (κ3) is 1.72. The van der Waals surface area contributed by atoms with Gasteiger partial charge in [0.15, 0.2) is 18.1 Å². The number of carbonyl (C=O) groups excluding carboxylic acids is 1. The molecule has 0 bridgehead atoms. The van der Waals surface area contributed by atoms with Crippen molar-refractivity contribution < 1.29 is 9.55 Å². The molecule has 6 heteroatoms. The van der Waals surface area contributed by atoms with Gasteiger partial charge in [0.05, 0.1) is 18.8 Å². The first kappa shape index (κ1) is 12.0. The molecule has 1 aromatic carbocycles. The molecular formula is C15H13N4O2+. The van der Waals surface area contributed by atoms with Crippen LogP contribution in [0.3, 0.4) is 0 Å². The number of benzene rings is 1. The summed E-state index contributed by atoms with van der Waals surface area (Å²) in [6.07, 6.45) is 3.73. The predicted molar refractivity (Wildman–Crippen MR) is 75.9 cm³/mol. The zero-order chi connectivity index (χ0) is 14.4. The average Bonchev–Trinajstić information content (AvgIpc) is 2.96. The van der Waals surface area contributed by atoms with Gasteiger partial charge in [0.2, 0.25) is 6.04 Å². The molecule has 1 N–H and O–H groups in total.